The third kappa shape index (κ3) is 14.7. The number of nitrogens with zero attached hydrogens (tertiary/aromatic N) is 8. The monoisotopic (exact) mass is 1140 g/mol. The van der Waals surface area contributed by atoms with Crippen molar-refractivity contribution >= 4 is 57.9 Å². The molecular weight excluding hydrogens is 1070 g/mol. The fourth-order valence-corrected chi connectivity index (χ4v) is 11.9. The van der Waals surface area contributed by atoms with Gasteiger partial charge in [0.1, 0.15) is 17.4 Å². The van der Waals surface area contributed by atoms with Gasteiger partial charge in [0.15, 0.2) is 5.78 Å². The van der Waals surface area contributed by atoms with Gasteiger partial charge in [-0.25, -0.2) is 23.7 Å². The van der Waals surface area contributed by atoms with E-state index in [1.807, 2.05) is 88.2 Å². The van der Waals surface area contributed by atoms with Gasteiger partial charge in [-0.15, -0.1) is 11.3 Å². The van der Waals surface area contributed by atoms with Gasteiger partial charge in [-0.2, -0.15) is 13.2 Å². The molecule has 5 heterocycles. The fourth-order valence-electron chi connectivity index (χ4n) is 11.1. The molecule has 5 atom stereocenters. The minimum atomic E-state index is -5.03. The molecule has 0 spiro atoms. The summed E-state index contributed by atoms with van der Waals surface area (Å²) in [5, 5.41) is 13.2. The molecule has 3 aliphatic heterocycles. The highest BCUT2D eigenvalue weighted by molar-refractivity contribution is 7.13. The molecule has 2 N–H and O–H groups in total. The molecule has 15 nitrogen and oxygen atoms in total. The highest BCUT2D eigenvalue weighted by atomic mass is 32.1. The summed E-state index contributed by atoms with van der Waals surface area (Å²) >= 11 is 1.57. The topological polar surface area (TPSA) is 172 Å². The summed E-state index contributed by atoms with van der Waals surface area (Å²) < 4.78 is 72.1. The Morgan fingerprint density at radius 2 is 1.47 bits per heavy atom. The van der Waals surface area contributed by atoms with Gasteiger partial charge in [-0.1, -0.05) is 51.5 Å². The van der Waals surface area contributed by atoms with Crippen LogP contribution in [-0.4, -0.2) is 141 Å². The number of Topliss-reactive ketones (excluding diaryl/α,β-unsaturated/α-hetero) is 2. The van der Waals surface area contributed by atoms with Crippen molar-refractivity contribution in [2.24, 2.45) is 11.3 Å². The third-order valence-corrected chi connectivity index (χ3v) is 17.1. The molecule has 8 rings (SSSR count). The maximum Gasteiger partial charge on any atom is 0.417 e. The van der Waals surface area contributed by atoms with Crippen LogP contribution in [0.25, 0.3) is 21.6 Å². The predicted molar refractivity (Wildman–Crippen MR) is 302 cm³/mol. The van der Waals surface area contributed by atoms with Gasteiger partial charge in [0, 0.05) is 119 Å². The fraction of sp³-hybridized carbons (Fsp3) is 0.500. The number of anilines is 3. The van der Waals surface area contributed by atoms with Crippen molar-refractivity contribution in [2.45, 2.75) is 130 Å². The van der Waals surface area contributed by atoms with Crippen LogP contribution < -0.4 is 15.1 Å². The van der Waals surface area contributed by atoms with Crippen LogP contribution in [0.5, 0.6) is 0 Å². The van der Waals surface area contributed by atoms with E-state index in [1.165, 1.54) is 29.4 Å². The van der Waals surface area contributed by atoms with Gasteiger partial charge >= 0.3 is 6.18 Å². The number of aliphatic hydroxyl groups is 1. The van der Waals surface area contributed by atoms with Crippen molar-refractivity contribution < 1.29 is 51.0 Å². The maximum atomic E-state index is 16.2. The van der Waals surface area contributed by atoms with Crippen LogP contribution in [0.2, 0.25) is 0 Å². The van der Waals surface area contributed by atoms with E-state index in [-0.39, 0.29) is 96.3 Å². The Hall–Kier alpha value is -6.71. The first kappa shape index (κ1) is 60.4. The molecule has 0 unspecified atom stereocenters. The number of alkyl halides is 3. The average Bonchev–Trinajstić information content (AvgIpc) is 4.09. The summed E-state index contributed by atoms with van der Waals surface area (Å²) in [6.07, 6.45) is 0.139. The van der Waals surface area contributed by atoms with Crippen LogP contribution in [0.3, 0.4) is 0 Å². The number of halogens is 5. The number of carbonyl (C=O) groups excluding carboxylic acids is 5. The minimum Gasteiger partial charge on any atom is -0.391 e. The SMILES string of the molecule is Cc1ncsc1-c1ccc(CCC(=O)[C@@H]2C[C@@H](O)CN2C(=O)[C@@H](CC(=O)CCCCCC(=O)N2CCN(c3ncc(-c4cc(NC(=O)c5ccc(F)cc5C(F)(F)F)c(N5C[C@@H](C)N(C)[C@@H](C)C5)cc4F)cn3)CC2)C(C)(C)C)cc1. The lowest BCUT2D eigenvalue weighted by molar-refractivity contribution is -0.146. The molecule has 5 aromatic rings. The number of piperazine rings is 2. The molecule has 0 aliphatic carbocycles. The van der Waals surface area contributed by atoms with Crippen molar-refractivity contribution in [1.29, 1.82) is 0 Å². The second kappa shape index (κ2) is 25.6. The van der Waals surface area contributed by atoms with Crippen molar-refractivity contribution in [3.05, 3.63) is 107 Å². The number of unbranched alkanes of at least 4 members (excludes halogenated alkanes) is 2. The van der Waals surface area contributed by atoms with Crippen LogP contribution >= 0.6 is 11.3 Å². The number of thiazole rings is 1. The number of nitrogens with one attached hydrogen (secondary N) is 1. The zero-order valence-corrected chi connectivity index (χ0v) is 47.8. The highest BCUT2D eigenvalue weighted by Crippen LogP contribution is 2.39. The molecule has 3 aromatic carbocycles. The maximum absolute atomic E-state index is 16.2. The molecule has 3 saturated heterocycles. The molecule has 434 valence electrons. The normalized spacial score (nSPS) is 19.5. The Kier molecular flexibility index (Phi) is 19.1. The number of aliphatic hydroxyl groups excluding tert-OH is 1. The van der Waals surface area contributed by atoms with E-state index in [0.29, 0.717) is 77.3 Å². The van der Waals surface area contributed by atoms with Crippen molar-refractivity contribution in [3.63, 3.8) is 0 Å². The summed E-state index contributed by atoms with van der Waals surface area (Å²) in [5.74, 6) is -3.83. The molecule has 0 saturated carbocycles. The van der Waals surface area contributed by atoms with Gasteiger partial charge in [-0.3, -0.25) is 28.9 Å². The molecule has 21 heteroatoms. The number of aryl methyl sites for hydroxylation is 2. The molecule has 3 fully saturated rings. The number of rotatable bonds is 19. The lowest BCUT2D eigenvalue weighted by atomic mass is 9.76. The van der Waals surface area contributed by atoms with Crippen LogP contribution in [0, 0.1) is 29.9 Å². The molecule has 2 aromatic heterocycles. The van der Waals surface area contributed by atoms with E-state index in [9.17, 15) is 46.6 Å². The van der Waals surface area contributed by atoms with Gasteiger partial charge in [-0.05, 0) is 94.0 Å². The summed E-state index contributed by atoms with van der Waals surface area (Å²) in [6.45, 7) is 14.2. The minimum absolute atomic E-state index is 0.00928. The van der Waals surface area contributed by atoms with Gasteiger partial charge in [0.05, 0.1) is 50.7 Å². The highest BCUT2D eigenvalue weighted by Gasteiger charge is 2.44. The first-order valence-electron chi connectivity index (χ1n) is 27.7. The first-order chi connectivity index (χ1) is 38.4. The molecule has 3 aliphatic rings. The Morgan fingerprint density at radius 3 is 2.10 bits per heavy atom. The Balaban J connectivity index is 0.806. The number of likely N-dealkylation sites (N-methyl/N-ethyl adjacent to an activating group) is 1. The van der Waals surface area contributed by atoms with Crippen LogP contribution in [0.4, 0.5) is 39.3 Å². The van der Waals surface area contributed by atoms with E-state index >= 15 is 4.39 Å². The second-order valence-corrected chi connectivity index (χ2v) is 23.8. The smallest absolute Gasteiger partial charge is 0.391 e. The van der Waals surface area contributed by atoms with Gasteiger partial charge < -0.3 is 30.0 Å². The average molecular weight is 1140 g/mol. The Bertz CT molecular complexity index is 3060. The number of hydrogen-bond acceptors (Lipinski definition) is 13. The van der Waals surface area contributed by atoms with Crippen molar-refractivity contribution in [2.75, 3.05) is 68.0 Å². The van der Waals surface area contributed by atoms with Gasteiger partial charge in [0.2, 0.25) is 17.8 Å². The number of aromatic nitrogens is 3. The van der Waals surface area contributed by atoms with Crippen LogP contribution in [0.1, 0.15) is 113 Å². The molecular formula is C60H72F5N9O6S. The van der Waals surface area contributed by atoms with E-state index in [0.717, 1.165) is 33.8 Å². The molecule has 3 amide bonds. The summed E-state index contributed by atoms with van der Waals surface area (Å²) in [7, 11) is 1.96. The number of ketones is 2. The van der Waals surface area contributed by atoms with Crippen molar-refractivity contribution in [1.82, 2.24) is 29.7 Å². The molecule has 0 radical (unpaired) electrons. The number of amides is 3. The Labute approximate surface area is 473 Å². The van der Waals surface area contributed by atoms with Crippen molar-refractivity contribution in [3.8, 4) is 21.6 Å². The third-order valence-electron chi connectivity index (χ3n) is 16.1. The number of benzene rings is 3. The second-order valence-electron chi connectivity index (χ2n) is 22.9. The van der Waals surface area contributed by atoms with E-state index in [2.05, 4.69) is 25.2 Å². The zero-order chi connectivity index (χ0) is 58.5. The van der Waals surface area contributed by atoms with E-state index in [1.54, 1.807) is 16.2 Å². The standard InChI is InChI=1S/C60H72F5N9O6S/c1-36-32-73(33-37(2)70(36)7)51-29-49(62)46(28-50(51)69-56(79)45-19-18-42(61)25-47(45)60(63,64)65)41-30-66-58(67-31-41)72-23-21-71(22-24-72)54(78)12-10-8-9-11-43(75)26-48(59(4,5)6)57(80)74-34-44(76)27-52(74)53(77)20-15-39-13-16-40(17-14-39)55-38(3)68-35-81-55/h13-14,16-19,25,28-31,35-37,44,48,52,76H,8-12,15,20-24,26-27,32-34H2,1-7H3,(H,69,79)/t36-,37+,44-,48-,52+/m1/s1. The number of β-amino-alcohol motifs (C(OH)–C–C–N with tert-alkyl or cyclic N) is 1. The summed E-state index contributed by atoms with van der Waals surface area (Å²) in [4.78, 5) is 91.8. The Morgan fingerprint density at radius 1 is 0.802 bits per heavy atom. The van der Waals surface area contributed by atoms with Crippen LogP contribution in [0.15, 0.2) is 72.5 Å². The van der Waals surface area contributed by atoms with E-state index in [4.69, 9.17) is 0 Å². The summed E-state index contributed by atoms with van der Waals surface area (Å²) in [6, 6.07) is 11.7. The zero-order valence-electron chi connectivity index (χ0n) is 47.0. The van der Waals surface area contributed by atoms with Gasteiger partial charge in [0.25, 0.3) is 5.91 Å². The van der Waals surface area contributed by atoms with Crippen LogP contribution in [-0.2, 0) is 31.8 Å². The lowest BCUT2D eigenvalue weighted by Gasteiger charge is -2.44. The molecule has 0 bridgehead atoms. The summed E-state index contributed by atoms with van der Waals surface area (Å²) in [5.41, 5.74) is 2.55. The first-order valence-corrected chi connectivity index (χ1v) is 28.6. The number of likely N-dealkylation sites (tertiary alicyclic amines) is 1. The predicted octanol–water partition coefficient (Wildman–Crippen LogP) is 10.0. The molecule has 81 heavy (non-hydrogen) atoms. The lowest BCUT2D eigenvalue weighted by Crippen LogP contribution is -2.55. The quantitative estimate of drug-likeness (QED) is 0.0593. The van der Waals surface area contributed by atoms with E-state index < -0.39 is 58.3 Å². The number of hydrogen-bond donors (Lipinski definition) is 2. The largest absolute Gasteiger partial charge is 0.417 e. The number of carbonyl (C=O) groups is 5.